The first-order chi connectivity index (χ1) is 12.6. The fraction of sp³-hybridized carbons (Fsp3) is 0.200. The molecule has 0 aliphatic rings. The molecule has 2 aromatic rings. The first-order valence-electron chi connectivity index (χ1n) is 8.15. The number of carbonyl (C=O) groups excluding carboxylic acids is 1. The van der Waals surface area contributed by atoms with E-state index >= 15 is 0 Å². The smallest absolute Gasteiger partial charge is 0.266 e. The van der Waals surface area contributed by atoms with Crippen LogP contribution in [0.15, 0.2) is 48.0 Å². The lowest BCUT2D eigenvalue weighted by molar-refractivity contribution is -0.112. The molecular weight excluding hydrogens is 371 g/mol. The van der Waals surface area contributed by atoms with Gasteiger partial charge < -0.3 is 10.1 Å². The van der Waals surface area contributed by atoms with E-state index in [0.29, 0.717) is 28.0 Å². The minimum atomic E-state index is -0.592. The largest absolute Gasteiger partial charge is 0.493 e. The number of ether oxygens (including phenoxy) is 1. The molecule has 0 heterocycles. The van der Waals surface area contributed by atoms with E-state index in [4.69, 9.17) is 27.9 Å². The first kappa shape index (κ1) is 19.8. The number of carbonyl (C=O) groups is 1. The second-order valence-corrected chi connectivity index (χ2v) is 6.27. The van der Waals surface area contributed by atoms with Gasteiger partial charge in [0.05, 0.1) is 22.3 Å². The van der Waals surface area contributed by atoms with Crippen LogP contribution in [-0.2, 0) is 4.79 Å². The molecule has 1 amide bonds. The van der Waals surface area contributed by atoms with Crippen molar-refractivity contribution in [3.05, 3.63) is 63.6 Å². The van der Waals surface area contributed by atoms with Crippen LogP contribution in [0, 0.1) is 11.3 Å². The van der Waals surface area contributed by atoms with Gasteiger partial charge in [0.1, 0.15) is 17.4 Å². The van der Waals surface area contributed by atoms with Crippen molar-refractivity contribution in [1.82, 2.24) is 0 Å². The summed E-state index contributed by atoms with van der Waals surface area (Å²) in [6, 6.07) is 14.0. The number of unbranched alkanes of at least 4 members (excludes halogenated alkanes) is 1. The number of anilines is 1. The van der Waals surface area contributed by atoms with E-state index in [1.54, 1.807) is 30.3 Å². The Balaban J connectivity index is 2.25. The molecule has 2 aromatic carbocycles. The molecule has 0 aliphatic heterocycles. The van der Waals surface area contributed by atoms with Crippen LogP contribution in [0.2, 0.25) is 10.0 Å². The fourth-order valence-electron chi connectivity index (χ4n) is 2.16. The zero-order valence-electron chi connectivity index (χ0n) is 14.3. The van der Waals surface area contributed by atoms with Crippen LogP contribution in [-0.4, -0.2) is 12.5 Å². The maximum atomic E-state index is 12.5. The number of hydrogen-bond donors (Lipinski definition) is 1. The molecule has 6 heteroatoms. The molecule has 2 rings (SSSR count). The Kier molecular flexibility index (Phi) is 7.53. The van der Waals surface area contributed by atoms with Crippen LogP contribution < -0.4 is 10.1 Å². The monoisotopic (exact) mass is 388 g/mol. The summed E-state index contributed by atoms with van der Waals surface area (Å²) in [7, 11) is 0. The normalized spacial score (nSPS) is 10.9. The van der Waals surface area contributed by atoms with Crippen molar-refractivity contribution in [3.63, 3.8) is 0 Å². The van der Waals surface area contributed by atoms with Crippen molar-refractivity contribution in [2.75, 3.05) is 11.9 Å². The number of nitrogens with one attached hydrogen (secondary N) is 1. The molecule has 0 unspecified atom stereocenters. The van der Waals surface area contributed by atoms with E-state index in [1.165, 1.54) is 6.08 Å². The maximum Gasteiger partial charge on any atom is 0.266 e. The highest BCUT2D eigenvalue weighted by Gasteiger charge is 2.14. The minimum Gasteiger partial charge on any atom is -0.493 e. The van der Waals surface area contributed by atoms with Crippen LogP contribution in [0.5, 0.6) is 5.75 Å². The van der Waals surface area contributed by atoms with E-state index in [1.807, 2.05) is 18.2 Å². The molecule has 0 radical (unpaired) electrons. The van der Waals surface area contributed by atoms with E-state index in [-0.39, 0.29) is 11.3 Å². The summed E-state index contributed by atoms with van der Waals surface area (Å²) in [6.45, 7) is 2.65. The summed E-state index contributed by atoms with van der Waals surface area (Å²) in [6.07, 6.45) is 3.43. The van der Waals surface area contributed by atoms with E-state index in [2.05, 4.69) is 12.2 Å². The number of nitrogens with zero attached hydrogens (tertiary/aromatic N) is 1. The van der Waals surface area contributed by atoms with Crippen LogP contribution in [0.1, 0.15) is 25.3 Å². The first-order valence-corrected chi connectivity index (χ1v) is 8.91. The van der Waals surface area contributed by atoms with Crippen LogP contribution >= 0.6 is 23.2 Å². The molecule has 26 heavy (non-hydrogen) atoms. The van der Waals surface area contributed by atoms with Gasteiger partial charge in [-0.2, -0.15) is 5.26 Å². The van der Waals surface area contributed by atoms with Gasteiger partial charge >= 0.3 is 0 Å². The molecular formula is C20H18Cl2N2O2. The number of nitriles is 1. The van der Waals surface area contributed by atoms with Gasteiger partial charge in [0.2, 0.25) is 0 Å². The van der Waals surface area contributed by atoms with E-state index in [0.717, 1.165) is 12.8 Å². The van der Waals surface area contributed by atoms with E-state index in [9.17, 15) is 10.1 Å². The molecule has 0 saturated heterocycles. The summed E-state index contributed by atoms with van der Waals surface area (Å²) in [5, 5.41) is 12.6. The lowest BCUT2D eigenvalue weighted by atomic mass is 10.1. The Morgan fingerprint density at radius 3 is 2.54 bits per heavy atom. The molecule has 0 saturated carbocycles. The van der Waals surface area contributed by atoms with Crippen molar-refractivity contribution < 1.29 is 9.53 Å². The van der Waals surface area contributed by atoms with Gasteiger partial charge in [-0.05, 0) is 30.7 Å². The molecule has 0 fully saturated rings. The Morgan fingerprint density at radius 2 is 1.88 bits per heavy atom. The Bertz CT molecular complexity index is 837. The average Bonchev–Trinajstić information content (AvgIpc) is 2.64. The second kappa shape index (κ2) is 9.86. The molecule has 0 spiro atoms. The van der Waals surface area contributed by atoms with Crippen molar-refractivity contribution in [3.8, 4) is 11.8 Å². The molecule has 134 valence electrons. The Hall–Kier alpha value is -2.48. The summed E-state index contributed by atoms with van der Waals surface area (Å²) >= 11 is 12.1. The molecule has 0 aromatic heterocycles. The molecule has 0 bridgehead atoms. The van der Waals surface area contributed by atoms with Gasteiger partial charge in [-0.25, -0.2) is 0 Å². The van der Waals surface area contributed by atoms with Crippen molar-refractivity contribution in [2.24, 2.45) is 0 Å². The molecule has 0 atom stereocenters. The third kappa shape index (κ3) is 5.26. The maximum absolute atomic E-state index is 12.5. The topological polar surface area (TPSA) is 62.1 Å². The lowest BCUT2D eigenvalue weighted by Crippen LogP contribution is -2.14. The summed E-state index contributed by atoms with van der Waals surface area (Å²) in [4.78, 5) is 12.5. The molecule has 1 N–H and O–H groups in total. The van der Waals surface area contributed by atoms with Gasteiger partial charge in [-0.15, -0.1) is 0 Å². The summed E-state index contributed by atoms with van der Waals surface area (Å²) in [5.74, 6) is 0.0307. The van der Waals surface area contributed by atoms with Gasteiger partial charge in [0.15, 0.2) is 0 Å². The number of rotatable bonds is 7. The van der Waals surface area contributed by atoms with Crippen LogP contribution in [0.25, 0.3) is 6.08 Å². The number of hydrogen-bond acceptors (Lipinski definition) is 3. The third-order valence-corrected chi connectivity index (χ3v) is 4.17. The predicted molar refractivity (Wildman–Crippen MR) is 106 cm³/mol. The van der Waals surface area contributed by atoms with Gasteiger partial charge in [0.25, 0.3) is 5.91 Å². The average molecular weight is 389 g/mol. The Labute approximate surface area is 163 Å². The van der Waals surface area contributed by atoms with Gasteiger partial charge in [-0.3, -0.25) is 4.79 Å². The molecule has 0 aliphatic carbocycles. The van der Waals surface area contributed by atoms with Crippen molar-refractivity contribution >= 4 is 40.9 Å². The van der Waals surface area contributed by atoms with E-state index < -0.39 is 5.91 Å². The SMILES string of the molecule is CCCCOc1ccccc1/C=C(\C#N)C(=O)Nc1c(Cl)cccc1Cl. The Morgan fingerprint density at radius 1 is 1.19 bits per heavy atom. The van der Waals surface area contributed by atoms with Crippen molar-refractivity contribution in [2.45, 2.75) is 19.8 Å². The van der Waals surface area contributed by atoms with Crippen LogP contribution in [0.3, 0.4) is 0 Å². The second-order valence-electron chi connectivity index (χ2n) is 5.46. The summed E-state index contributed by atoms with van der Waals surface area (Å²) < 4.78 is 5.73. The van der Waals surface area contributed by atoms with Gasteiger partial charge in [-0.1, -0.05) is 60.8 Å². The summed E-state index contributed by atoms with van der Waals surface area (Å²) in [5.41, 5.74) is 0.850. The van der Waals surface area contributed by atoms with Gasteiger partial charge in [0, 0.05) is 5.56 Å². The fourth-order valence-corrected chi connectivity index (χ4v) is 2.65. The quantitative estimate of drug-likeness (QED) is 0.374. The lowest BCUT2D eigenvalue weighted by Gasteiger charge is -2.10. The standard InChI is InChI=1S/C20H18Cl2N2O2/c1-2-3-11-26-18-10-5-4-7-14(18)12-15(13-23)20(25)24-19-16(21)8-6-9-17(19)22/h4-10,12H,2-3,11H2,1H3,(H,24,25)/b15-12+. The number of amides is 1. The highest BCUT2D eigenvalue weighted by molar-refractivity contribution is 6.40. The number of halogens is 2. The minimum absolute atomic E-state index is 0.0764. The highest BCUT2D eigenvalue weighted by atomic mass is 35.5. The third-order valence-electron chi connectivity index (χ3n) is 3.54. The molecule has 4 nitrogen and oxygen atoms in total. The zero-order chi connectivity index (χ0) is 18.9. The van der Waals surface area contributed by atoms with Crippen molar-refractivity contribution in [1.29, 1.82) is 5.26 Å². The number of para-hydroxylation sites is 2. The predicted octanol–water partition coefficient (Wildman–Crippen LogP) is 5.72. The highest BCUT2D eigenvalue weighted by Crippen LogP contribution is 2.30. The number of benzene rings is 2. The zero-order valence-corrected chi connectivity index (χ0v) is 15.8. The van der Waals surface area contributed by atoms with Crippen LogP contribution in [0.4, 0.5) is 5.69 Å².